The molecule has 128 valence electrons. The van der Waals surface area contributed by atoms with Gasteiger partial charge in [0.15, 0.2) is 0 Å². The van der Waals surface area contributed by atoms with E-state index in [0.29, 0.717) is 16.3 Å². The number of aromatic nitrogens is 2. The van der Waals surface area contributed by atoms with Gasteiger partial charge >= 0.3 is 0 Å². The number of hydrogen-bond donors (Lipinski definition) is 2. The highest BCUT2D eigenvalue weighted by Gasteiger charge is 2.14. The molecule has 2 aromatic heterocycles. The zero-order valence-corrected chi connectivity index (χ0v) is 14.8. The summed E-state index contributed by atoms with van der Waals surface area (Å²) in [6, 6.07) is 19.4. The molecule has 0 aliphatic carbocycles. The summed E-state index contributed by atoms with van der Waals surface area (Å²) in [6.45, 7) is 1.86. The molecule has 26 heavy (non-hydrogen) atoms. The van der Waals surface area contributed by atoms with Gasteiger partial charge < -0.3 is 10.3 Å². The summed E-state index contributed by atoms with van der Waals surface area (Å²) < 4.78 is 0. The van der Waals surface area contributed by atoms with Crippen LogP contribution in [0.1, 0.15) is 15.9 Å². The molecule has 4 aromatic rings. The molecule has 2 N–H and O–H groups in total. The fraction of sp³-hybridized carbons (Fsp3) is 0.0476. The number of rotatable bonds is 3. The van der Waals surface area contributed by atoms with E-state index in [4.69, 9.17) is 11.6 Å². The number of nitrogens with zero attached hydrogens (tertiary/aromatic N) is 1. The molecule has 0 fully saturated rings. The number of fused-ring (bicyclic) bond motifs is 1. The largest absolute Gasteiger partial charge is 0.339 e. The Labute approximate surface area is 155 Å². The second-order valence-electron chi connectivity index (χ2n) is 6.10. The zero-order valence-electron chi connectivity index (χ0n) is 14.1. The van der Waals surface area contributed by atoms with E-state index in [9.17, 15) is 4.79 Å². The fourth-order valence-corrected chi connectivity index (χ4v) is 3.28. The van der Waals surface area contributed by atoms with Crippen LogP contribution in [0.2, 0.25) is 5.02 Å². The Balaban J connectivity index is 1.65. The molecule has 0 aliphatic heterocycles. The number of aryl methyl sites for hydroxylation is 1. The van der Waals surface area contributed by atoms with Crippen LogP contribution in [0, 0.1) is 6.92 Å². The van der Waals surface area contributed by atoms with Gasteiger partial charge in [-0.05, 0) is 36.2 Å². The van der Waals surface area contributed by atoms with Crippen LogP contribution in [0.25, 0.3) is 22.3 Å². The van der Waals surface area contributed by atoms with Gasteiger partial charge in [0.2, 0.25) is 0 Å². The summed E-state index contributed by atoms with van der Waals surface area (Å²) in [4.78, 5) is 20.3. The van der Waals surface area contributed by atoms with Gasteiger partial charge in [-0.1, -0.05) is 54.1 Å². The summed E-state index contributed by atoms with van der Waals surface area (Å²) in [5.74, 6) is -0.243. The quantitative estimate of drug-likeness (QED) is 0.510. The first-order valence-corrected chi connectivity index (χ1v) is 8.60. The van der Waals surface area contributed by atoms with E-state index in [-0.39, 0.29) is 5.91 Å². The number of pyridine rings is 1. The molecule has 0 saturated carbocycles. The maximum absolute atomic E-state index is 12.6. The number of nitrogens with one attached hydrogen (secondary N) is 2. The zero-order chi connectivity index (χ0) is 18.1. The second kappa shape index (κ2) is 6.65. The summed E-state index contributed by atoms with van der Waals surface area (Å²) in [7, 11) is 0. The lowest BCUT2D eigenvalue weighted by atomic mass is 10.1. The fourth-order valence-electron chi connectivity index (χ4n) is 2.97. The average molecular weight is 362 g/mol. The van der Waals surface area contributed by atoms with Crippen LogP contribution < -0.4 is 5.32 Å². The van der Waals surface area contributed by atoms with Crippen molar-refractivity contribution in [1.29, 1.82) is 0 Å². The van der Waals surface area contributed by atoms with E-state index in [1.807, 2.05) is 61.5 Å². The lowest BCUT2D eigenvalue weighted by Crippen LogP contribution is -2.14. The maximum Gasteiger partial charge on any atom is 0.257 e. The van der Waals surface area contributed by atoms with Gasteiger partial charge in [0.25, 0.3) is 5.91 Å². The number of amides is 1. The molecule has 0 aliphatic rings. The number of H-pyrrole nitrogens is 1. The Morgan fingerprint density at radius 3 is 2.65 bits per heavy atom. The number of benzene rings is 2. The van der Waals surface area contributed by atoms with E-state index >= 15 is 0 Å². The second-order valence-corrected chi connectivity index (χ2v) is 6.50. The van der Waals surface area contributed by atoms with E-state index in [0.717, 1.165) is 27.9 Å². The van der Waals surface area contributed by atoms with Crippen LogP contribution in [0.5, 0.6) is 0 Å². The predicted octanol–water partition coefficient (Wildman–Crippen LogP) is 5.44. The third-order valence-corrected chi connectivity index (χ3v) is 4.58. The monoisotopic (exact) mass is 361 g/mol. The van der Waals surface area contributed by atoms with Crippen LogP contribution in [-0.4, -0.2) is 15.9 Å². The van der Waals surface area contributed by atoms with Crippen molar-refractivity contribution in [3.05, 3.63) is 83.0 Å². The summed E-state index contributed by atoms with van der Waals surface area (Å²) in [5.41, 5.74) is 4.78. The molecule has 4 nitrogen and oxygen atoms in total. The van der Waals surface area contributed by atoms with Gasteiger partial charge in [-0.15, -0.1) is 0 Å². The minimum absolute atomic E-state index is 0.243. The normalized spacial score (nSPS) is 10.8. The first-order chi connectivity index (χ1) is 12.6. The van der Waals surface area contributed by atoms with Gasteiger partial charge in [-0.25, -0.2) is 4.98 Å². The van der Waals surface area contributed by atoms with Gasteiger partial charge in [0.05, 0.1) is 22.5 Å². The standard InChI is InChI=1S/C21H16ClN3O/c1-13-6-5-9-17(22)19(13)21(26)24-16-10-15-11-18(25-20(15)23-12-16)14-7-3-2-4-8-14/h2-12H,1H3,(H,23,25)(H,24,26). The molecule has 0 unspecified atom stereocenters. The smallest absolute Gasteiger partial charge is 0.257 e. The van der Waals surface area contributed by atoms with Crippen molar-refractivity contribution in [3.8, 4) is 11.3 Å². The molecule has 5 heteroatoms. The molecule has 0 spiro atoms. The lowest BCUT2D eigenvalue weighted by molar-refractivity contribution is 0.102. The van der Waals surface area contributed by atoms with Crippen LogP contribution in [-0.2, 0) is 0 Å². The highest BCUT2D eigenvalue weighted by molar-refractivity contribution is 6.34. The predicted molar refractivity (Wildman–Crippen MR) is 106 cm³/mol. The minimum atomic E-state index is -0.243. The van der Waals surface area contributed by atoms with E-state index < -0.39 is 0 Å². The Morgan fingerprint density at radius 1 is 1.08 bits per heavy atom. The molecular weight excluding hydrogens is 346 g/mol. The number of anilines is 1. The van der Waals surface area contributed by atoms with Crippen LogP contribution in [0.15, 0.2) is 66.9 Å². The Kier molecular flexibility index (Phi) is 4.19. The van der Waals surface area contributed by atoms with E-state index in [1.165, 1.54) is 0 Å². The molecule has 1 amide bonds. The highest BCUT2D eigenvalue weighted by atomic mass is 35.5. The van der Waals surface area contributed by atoms with Crippen molar-refractivity contribution in [2.24, 2.45) is 0 Å². The van der Waals surface area contributed by atoms with Crippen molar-refractivity contribution in [2.75, 3.05) is 5.32 Å². The third kappa shape index (κ3) is 3.07. The lowest BCUT2D eigenvalue weighted by Gasteiger charge is -2.09. The van der Waals surface area contributed by atoms with E-state index in [1.54, 1.807) is 12.3 Å². The number of carbonyl (C=O) groups is 1. The van der Waals surface area contributed by atoms with Crippen LogP contribution in [0.4, 0.5) is 5.69 Å². The average Bonchev–Trinajstić information content (AvgIpc) is 3.06. The molecule has 0 bridgehead atoms. The minimum Gasteiger partial charge on any atom is -0.339 e. The van der Waals surface area contributed by atoms with Crippen molar-refractivity contribution in [1.82, 2.24) is 9.97 Å². The Morgan fingerprint density at radius 2 is 1.88 bits per heavy atom. The number of aromatic amines is 1. The van der Waals surface area contributed by atoms with E-state index in [2.05, 4.69) is 15.3 Å². The summed E-state index contributed by atoms with van der Waals surface area (Å²) >= 11 is 6.18. The molecule has 4 rings (SSSR count). The van der Waals surface area contributed by atoms with Crippen molar-refractivity contribution in [3.63, 3.8) is 0 Å². The summed E-state index contributed by atoms with van der Waals surface area (Å²) in [5, 5.41) is 4.24. The number of hydrogen-bond acceptors (Lipinski definition) is 2. The Hall–Kier alpha value is -3.11. The molecule has 2 heterocycles. The number of carbonyl (C=O) groups excluding carboxylic acids is 1. The molecule has 0 atom stereocenters. The SMILES string of the molecule is Cc1cccc(Cl)c1C(=O)Nc1cnc2[nH]c(-c3ccccc3)cc2c1. The molecule has 0 radical (unpaired) electrons. The first-order valence-electron chi connectivity index (χ1n) is 8.22. The molecular formula is C21H16ClN3O. The summed E-state index contributed by atoms with van der Waals surface area (Å²) in [6.07, 6.45) is 1.64. The van der Waals surface area contributed by atoms with Crippen LogP contribution >= 0.6 is 11.6 Å². The van der Waals surface area contributed by atoms with Gasteiger partial charge in [-0.2, -0.15) is 0 Å². The molecule has 2 aromatic carbocycles. The highest BCUT2D eigenvalue weighted by Crippen LogP contribution is 2.26. The van der Waals surface area contributed by atoms with Crippen LogP contribution in [0.3, 0.4) is 0 Å². The first kappa shape index (κ1) is 16.4. The topological polar surface area (TPSA) is 57.8 Å². The van der Waals surface area contributed by atoms with Gasteiger partial charge in [0.1, 0.15) is 5.65 Å². The van der Waals surface area contributed by atoms with Crippen molar-refractivity contribution in [2.45, 2.75) is 6.92 Å². The van der Waals surface area contributed by atoms with Crippen molar-refractivity contribution >= 4 is 34.2 Å². The Bertz CT molecular complexity index is 1080. The third-order valence-electron chi connectivity index (χ3n) is 4.26. The molecule has 0 saturated heterocycles. The van der Waals surface area contributed by atoms with Gasteiger partial charge in [-0.3, -0.25) is 4.79 Å². The number of halogens is 1. The maximum atomic E-state index is 12.6. The van der Waals surface area contributed by atoms with Gasteiger partial charge in [0, 0.05) is 11.1 Å². The van der Waals surface area contributed by atoms with Crippen molar-refractivity contribution < 1.29 is 4.79 Å².